The number of carbonyl (C=O) groups is 1. The molecule has 3 aromatic heterocycles. The van der Waals surface area contributed by atoms with Gasteiger partial charge in [-0.05, 0) is 60.6 Å². The molecule has 5 rings (SSSR count). The van der Waals surface area contributed by atoms with Crippen LogP contribution in [0.4, 0.5) is 5.82 Å². The summed E-state index contributed by atoms with van der Waals surface area (Å²) < 4.78 is 0. The molecule has 1 fully saturated rings. The van der Waals surface area contributed by atoms with Crippen LogP contribution in [-0.4, -0.2) is 32.1 Å². The van der Waals surface area contributed by atoms with E-state index in [1.165, 1.54) is 60.0 Å². The van der Waals surface area contributed by atoms with Gasteiger partial charge >= 0.3 is 0 Å². The Balaban J connectivity index is 1.42. The molecule has 1 aliphatic carbocycles. The van der Waals surface area contributed by atoms with E-state index in [2.05, 4.69) is 37.3 Å². The van der Waals surface area contributed by atoms with Crippen LogP contribution >= 0.6 is 0 Å². The predicted octanol–water partition coefficient (Wildman–Crippen LogP) is 4.26. The molecule has 0 atom stereocenters. The number of pyridine rings is 1. The smallest absolute Gasteiger partial charge is 0.281 e. The van der Waals surface area contributed by atoms with Crippen LogP contribution in [0.5, 0.6) is 0 Å². The number of hydrogen-bond acceptors (Lipinski definition) is 6. The zero-order chi connectivity index (χ0) is 23.3. The first-order valence-corrected chi connectivity index (χ1v) is 11.9. The van der Waals surface area contributed by atoms with Crippen molar-refractivity contribution in [3.8, 4) is 0 Å². The van der Waals surface area contributed by atoms with Crippen LogP contribution in [0.15, 0.2) is 53.8 Å². The third kappa shape index (κ3) is 4.68. The molecule has 0 saturated heterocycles. The van der Waals surface area contributed by atoms with E-state index in [9.17, 15) is 4.79 Å². The summed E-state index contributed by atoms with van der Waals surface area (Å²) in [6, 6.07) is 4.06. The van der Waals surface area contributed by atoms with Gasteiger partial charge in [-0.2, -0.15) is 10.1 Å². The van der Waals surface area contributed by atoms with Crippen LogP contribution in [0.2, 0.25) is 0 Å². The molecule has 0 radical (unpaired) electrons. The van der Waals surface area contributed by atoms with Gasteiger partial charge in [0.2, 0.25) is 0 Å². The fraction of sp³-hybridized carbons (Fsp3) is 0.346. The number of rotatable bonds is 7. The van der Waals surface area contributed by atoms with Gasteiger partial charge in [-0.15, -0.1) is 0 Å². The second-order valence-electron chi connectivity index (χ2n) is 8.87. The minimum Gasteiger partial charge on any atom is -0.359 e. The zero-order valence-corrected chi connectivity index (χ0v) is 19.4. The third-order valence-electron chi connectivity index (χ3n) is 6.60. The van der Waals surface area contributed by atoms with Crippen LogP contribution < -0.4 is 10.3 Å². The summed E-state index contributed by atoms with van der Waals surface area (Å²) in [7, 11) is 0. The molecule has 0 spiro atoms. The van der Waals surface area contributed by atoms with Crippen molar-refractivity contribution >= 4 is 24.0 Å². The van der Waals surface area contributed by atoms with Gasteiger partial charge in [-0.25, -0.2) is 4.98 Å². The second kappa shape index (κ2) is 10.1. The zero-order valence-electron chi connectivity index (χ0n) is 19.4. The van der Waals surface area contributed by atoms with E-state index in [4.69, 9.17) is 0 Å². The van der Waals surface area contributed by atoms with E-state index in [0.29, 0.717) is 17.3 Å². The van der Waals surface area contributed by atoms with Crippen molar-refractivity contribution in [2.24, 2.45) is 5.10 Å². The molecule has 1 amide bonds. The second-order valence-corrected chi connectivity index (χ2v) is 8.87. The minimum atomic E-state index is -0.195. The normalized spacial score (nSPS) is 17.7. The van der Waals surface area contributed by atoms with Gasteiger partial charge < -0.3 is 10.3 Å². The Kier molecular flexibility index (Phi) is 6.58. The van der Waals surface area contributed by atoms with Crippen molar-refractivity contribution in [3.05, 3.63) is 76.8 Å². The van der Waals surface area contributed by atoms with Crippen LogP contribution in [-0.2, 0) is 17.9 Å². The Labute approximate surface area is 199 Å². The molecule has 1 saturated carbocycles. The van der Waals surface area contributed by atoms with Gasteiger partial charge in [0.1, 0.15) is 0 Å². The molecule has 2 N–H and O–H groups in total. The highest BCUT2D eigenvalue weighted by Gasteiger charge is 2.28. The Bertz CT molecular complexity index is 1190. The summed E-state index contributed by atoms with van der Waals surface area (Å²) >= 11 is 0. The maximum atomic E-state index is 13.1. The molecule has 4 heterocycles. The standard InChI is InChI=1S/C26H29N7O/c1-18-22(16-29-14-19-7-9-27-10-8-19)25(20-5-3-2-4-6-20)23(32-18)13-21-15-31-33(26(21)34)24-17-28-11-12-30-24/h7-13,15,17,20,29,32H,2-6,14,16H2,1H3/b21-13+. The molecule has 0 aromatic carbocycles. The van der Waals surface area contributed by atoms with Gasteiger partial charge in [0.25, 0.3) is 5.91 Å². The van der Waals surface area contributed by atoms with E-state index in [1.807, 2.05) is 30.6 Å². The molecule has 8 heteroatoms. The number of hydrogen-bond donors (Lipinski definition) is 2. The number of H-pyrrole nitrogens is 1. The van der Waals surface area contributed by atoms with Crippen LogP contribution in [0.3, 0.4) is 0 Å². The average Bonchev–Trinajstić information content (AvgIpc) is 3.40. The summed E-state index contributed by atoms with van der Waals surface area (Å²) in [6.07, 6.45) is 18.0. The lowest BCUT2D eigenvalue weighted by molar-refractivity contribution is -0.114. The van der Waals surface area contributed by atoms with Crippen molar-refractivity contribution < 1.29 is 4.79 Å². The topological polar surface area (TPSA) is 99.2 Å². The first-order valence-electron chi connectivity index (χ1n) is 11.9. The quantitative estimate of drug-likeness (QED) is 0.519. The number of aryl methyl sites for hydroxylation is 1. The predicted molar refractivity (Wildman–Crippen MR) is 132 cm³/mol. The van der Waals surface area contributed by atoms with Crippen LogP contribution in [0.1, 0.15) is 66.1 Å². The van der Waals surface area contributed by atoms with Crippen molar-refractivity contribution in [3.63, 3.8) is 0 Å². The summed E-state index contributed by atoms with van der Waals surface area (Å²) in [4.78, 5) is 29.0. The van der Waals surface area contributed by atoms with Crippen LogP contribution in [0.25, 0.3) is 6.08 Å². The average molecular weight is 456 g/mol. The monoisotopic (exact) mass is 455 g/mol. The minimum absolute atomic E-state index is 0.195. The molecule has 0 unspecified atom stereocenters. The molecule has 3 aromatic rings. The number of aromatic amines is 1. The Morgan fingerprint density at radius 1 is 1.09 bits per heavy atom. The van der Waals surface area contributed by atoms with E-state index in [1.54, 1.807) is 18.6 Å². The van der Waals surface area contributed by atoms with E-state index in [-0.39, 0.29) is 5.91 Å². The number of carbonyl (C=O) groups excluding carboxylic acids is 1. The number of nitrogens with zero attached hydrogens (tertiary/aromatic N) is 5. The van der Waals surface area contributed by atoms with Crippen molar-refractivity contribution in [2.75, 3.05) is 5.01 Å². The number of nitrogens with one attached hydrogen (secondary N) is 2. The lowest BCUT2D eigenvalue weighted by Gasteiger charge is -2.24. The van der Waals surface area contributed by atoms with Crippen molar-refractivity contribution in [1.29, 1.82) is 0 Å². The highest BCUT2D eigenvalue weighted by Crippen LogP contribution is 2.38. The fourth-order valence-electron chi connectivity index (χ4n) is 4.91. The Morgan fingerprint density at radius 2 is 1.91 bits per heavy atom. The largest absolute Gasteiger partial charge is 0.359 e. The molecule has 174 valence electrons. The Morgan fingerprint density at radius 3 is 2.68 bits per heavy atom. The van der Waals surface area contributed by atoms with Crippen molar-refractivity contribution in [2.45, 2.75) is 58.0 Å². The number of hydrazone groups is 1. The van der Waals surface area contributed by atoms with Crippen LogP contribution in [0, 0.1) is 6.92 Å². The molecule has 1 aliphatic heterocycles. The molecular formula is C26H29N7O. The van der Waals surface area contributed by atoms with E-state index >= 15 is 0 Å². The van der Waals surface area contributed by atoms with Gasteiger partial charge in [0.15, 0.2) is 5.82 Å². The lowest BCUT2D eigenvalue weighted by Crippen LogP contribution is -2.22. The van der Waals surface area contributed by atoms with E-state index < -0.39 is 0 Å². The highest BCUT2D eigenvalue weighted by atomic mass is 16.2. The first-order chi connectivity index (χ1) is 16.7. The third-order valence-corrected chi connectivity index (χ3v) is 6.60. The summed E-state index contributed by atoms with van der Waals surface area (Å²) in [5.74, 6) is 0.718. The summed E-state index contributed by atoms with van der Waals surface area (Å²) in [6.45, 7) is 3.67. The van der Waals surface area contributed by atoms with Gasteiger partial charge in [0, 0.05) is 49.3 Å². The maximum absolute atomic E-state index is 13.1. The first kappa shape index (κ1) is 22.2. The number of aromatic nitrogens is 4. The Hall–Kier alpha value is -3.65. The van der Waals surface area contributed by atoms with Crippen molar-refractivity contribution in [1.82, 2.24) is 25.3 Å². The maximum Gasteiger partial charge on any atom is 0.281 e. The molecule has 0 bridgehead atoms. The molecule has 34 heavy (non-hydrogen) atoms. The molecule has 8 nitrogen and oxygen atoms in total. The molecule has 2 aliphatic rings. The van der Waals surface area contributed by atoms with Gasteiger partial charge in [-0.3, -0.25) is 14.8 Å². The molecular weight excluding hydrogens is 426 g/mol. The fourth-order valence-corrected chi connectivity index (χ4v) is 4.91. The lowest BCUT2D eigenvalue weighted by atomic mass is 9.81. The SMILES string of the molecule is Cc1[nH]c(/C=C2\C=NN(c3cnccn3)C2=O)c(C2CCCCC2)c1CNCc1ccncc1. The van der Waals surface area contributed by atoms with Gasteiger partial charge in [0.05, 0.1) is 18.0 Å². The highest BCUT2D eigenvalue weighted by molar-refractivity contribution is 6.25. The van der Waals surface area contributed by atoms with Gasteiger partial charge in [-0.1, -0.05) is 19.3 Å². The summed E-state index contributed by atoms with van der Waals surface area (Å²) in [5, 5.41) is 9.17. The number of anilines is 1. The summed E-state index contributed by atoms with van der Waals surface area (Å²) in [5.41, 5.74) is 6.55. The van der Waals surface area contributed by atoms with E-state index in [0.717, 1.165) is 24.5 Å². The number of amides is 1.